The van der Waals surface area contributed by atoms with Crippen LogP contribution in [0.3, 0.4) is 0 Å². The van der Waals surface area contributed by atoms with Crippen molar-refractivity contribution in [3.63, 3.8) is 0 Å². The number of hydrogen-bond donors (Lipinski definition) is 1. The summed E-state index contributed by atoms with van der Waals surface area (Å²) in [5.41, 5.74) is 2.84. The second-order valence-electron chi connectivity index (χ2n) is 10.9. The van der Waals surface area contributed by atoms with Crippen LogP contribution in [0.4, 0.5) is 0 Å². The number of carbonyl (C=O) groups is 2. The van der Waals surface area contributed by atoms with Crippen molar-refractivity contribution in [3.8, 4) is 0 Å². The Morgan fingerprint density at radius 2 is 1.58 bits per heavy atom. The molecule has 10 heteroatoms. The molecular formula is C28H37ClN4O4S. The molecule has 4 rings (SSSR count). The largest absolute Gasteiger partial charge is 0.335 e. The molecule has 2 aliphatic heterocycles. The second kappa shape index (κ2) is 11.0. The van der Waals surface area contributed by atoms with Crippen molar-refractivity contribution in [1.82, 2.24) is 19.4 Å². The Labute approximate surface area is 231 Å². The van der Waals surface area contributed by atoms with Gasteiger partial charge in [0.15, 0.2) is 0 Å². The molecule has 206 valence electrons. The van der Waals surface area contributed by atoms with Crippen molar-refractivity contribution >= 4 is 33.4 Å². The Balaban J connectivity index is 1.84. The summed E-state index contributed by atoms with van der Waals surface area (Å²) >= 11 is 6.44. The monoisotopic (exact) mass is 560 g/mol. The van der Waals surface area contributed by atoms with Gasteiger partial charge in [0.25, 0.3) is 0 Å². The van der Waals surface area contributed by atoms with Crippen LogP contribution in [-0.2, 0) is 26.0 Å². The number of sulfonamides is 1. The summed E-state index contributed by atoms with van der Waals surface area (Å²) in [7, 11) is -4.11. The minimum Gasteiger partial charge on any atom is -0.335 e. The van der Waals surface area contributed by atoms with Gasteiger partial charge in [-0.1, -0.05) is 61.3 Å². The summed E-state index contributed by atoms with van der Waals surface area (Å²) in [4.78, 5) is 30.9. The van der Waals surface area contributed by atoms with E-state index in [0.29, 0.717) is 0 Å². The van der Waals surface area contributed by atoms with Crippen molar-refractivity contribution in [1.29, 1.82) is 0 Å². The van der Waals surface area contributed by atoms with Crippen LogP contribution >= 0.6 is 11.6 Å². The molecule has 3 unspecified atom stereocenters. The number of aryl methyl sites for hydroxylation is 2. The van der Waals surface area contributed by atoms with Gasteiger partial charge in [0, 0.05) is 25.0 Å². The van der Waals surface area contributed by atoms with E-state index in [2.05, 4.69) is 5.32 Å². The van der Waals surface area contributed by atoms with E-state index in [4.69, 9.17) is 11.6 Å². The fraction of sp³-hybridized carbons (Fsp3) is 0.500. The molecule has 2 heterocycles. The molecule has 0 aromatic heterocycles. The van der Waals surface area contributed by atoms with E-state index in [1.54, 1.807) is 17.0 Å². The van der Waals surface area contributed by atoms with Gasteiger partial charge in [-0.05, 0) is 51.0 Å². The minimum atomic E-state index is -4.11. The first-order valence-corrected chi connectivity index (χ1v) is 14.8. The fourth-order valence-corrected chi connectivity index (χ4v) is 7.45. The number of nitrogens with zero attached hydrogens (tertiary/aromatic N) is 3. The van der Waals surface area contributed by atoms with Crippen LogP contribution in [0.5, 0.6) is 0 Å². The van der Waals surface area contributed by atoms with Crippen molar-refractivity contribution in [2.45, 2.75) is 83.2 Å². The molecule has 2 fully saturated rings. The second-order valence-corrected chi connectivity index (χ2v) is 13.2. The summed E-state index contributed by atoms with van der Waals surface area (Å²) < 4.78 is 29.6. The van der Waals surface area contributed by atoms with Crippen molar-refractivity contribution in [2.24, 2.45) is 0 Å². The van der Waals surface area contributed by atoms with E-state index in [1.165, 1.54) is 15.3 Å². The molecular weight excluding hydrogens is 524 g/mol. The smallest absolute Gasteiger partial charge is 0.246 e. The number of hydrogen-bond acceptors (Lipinski definition) is 5. The molecule has 0 spiro atoms. The number of halogens is 1. The minimum absolute atomic E-state index is 0.00885. The van der Waals surface area contributed by atoms with Crippen LogP contribution in [-0.4, -0.2) is 77.8 Å². The van der Waals surface area contributed by atoms with E-state index in [0.717, 1.165) is 16.7 Å². The molecule has 2 aromatic carbocycles. The number of carbonyl (C=O) groups excluding carboxylic acids is 2. The molecule has 2 aromatic rings. The Bertz CT molecular complexity index is 1310. The van der Waals surface area contributed by atoms with Gasteiger partial charge < -0.3 is 15.1 Å². The third-order valence-electron chi connectivity index (χ3n) is 7.21. The van der Waals surface area contributed by atoms with Crippen LogP contribution < -0.4 is 5.32 Å². The lowest BCUT2D eigenvalue weighted by molar-refractivity contribution is -0.168. The SMILES string of the molecule is Cc1ccc(CC2C(=O)N(C(C)C)CC3N2C(=O)C(NC(C)C)CN3S(=O)(=O)c2ccc(C)cc2Cl)cc1. The lowest BCUT2D eigenvalue weighted by Gasteiger charge is -2.54. The zero-order valence-electron chi connectivity index (χ0n) is 22.8. The summed E-state index contributed by atoms with van der Waals surface area (Å²) in [6.45, 7) is 11.5. The van der Waals surface area contributed by atoms with Crippen molar-refractivity contribution < 1.29 is 18.0 Å². The zero-order valence-corrected chi connectivity index (χ0v) is 24.4. The summed E-state index contributed by atoms with van der Waals surface area (Å²) in [6, 6.07) is 10.8. The molecule has 3 atom stereocenters. The van der Waals surface area contributed by atoms with Gasteiger partial charge in [-0.15, -0.1) is 0 Å². The maximum Gasteiger partial charge on any atom is 0.246 e. The highest BCUT2D eigenvalue weighted by Crippen LogP contribution is 2.34. The van der Waals surface area contributed by atoms with Crippen LogP contribution in [0.1, 0.15) is 44.4 Å². The Morgan fingerprint density at radius 3 is 2.16 bits per heavy atom. The van der Waals surface area contributed by atoms with Gasteiger partial charge in [-0.25, -0.2) is 8.42 Å². The Hall–Kier alpha value is -2.46. The Morgan fingerprint density at radius 1 is 0.947 bits per heavy atom. The third kappa shape index (κ3) is 5.47. The van der Waals surface area contributed by atoms with Crippen LogP contribution in [0, 0.1) is 13.8 Å². The molecule has 2 aliphatic rings. The first kappa shape index (κ1) is 28.5. The van der Waals surface area contributed by atoms with Gasteiger partial charge >= 0.3 is 0 Å². The fourth-order valence-electron chi connectivity index (χ4n) is 5.29. The van der Waals surface area contributed by atoms with Crippen LogP contribution in [0.15, 0.2) is 47.4 Å². The van der Waals surface area contributed by atoms with Crippen molar-refractivity contribution in [3.05, 3.63) is 64.2 Å². The van der Waals surface area contributed by atoms with Gasteiger partial charge in [-0.2, -0.15) is 4.31 Å². The highest BCUT2D eigenvalue weighted by atomic mass is 35.5. The highest BCUT2D eigenvalue weighted by Gasteiger charge is 2.54. The number of amides is 2. The molecule has 0 saturated carbocycles. The summed E-state index contributed by atoms with van der Waals surface area (Å²) in [6.07, 6.45) is -0.566. The lowest BCUT2D eigenvalue weighted by atomic mass is 9.96. The molecule has 38 heavy (non-hydrogen) atoms. The molecule has 2 saturated heterocycles. The normalized spacial score (nSPS) is 22.9. The average molecular weight is 561 g/mol. The first-order valence-electron chi connectivity index (χ1n) is 13.0. The van der Waals surface area contributed by atoms with E-state index in [1.807, 2.05) is 65.8 Å². The van der Waals surface area contributed by atoms with Crippen LogP contribution in [0.25, 0.3) is 0 Å². The Kier molecular flexibility index (Phi) is 8.23. The highest BCUT2D eigenvalue weighted by molar-refractivity contribution is 7.89. The summed E-state index contributed by atoms with van der Waals surface area (Å²) in [5, 5.41) is 3.36. The van der Waals surface area contributed by atoms with E-state index in [-0.39, 0.29) is 53.3 Å². The number of piperazine rings is 1. The van der Waals surface area contributed by atoms with E-state index < -0.39 is 28.3 Å². The zero-order chi connectivity index (χ0) is 27.9. The standard InChI is InChI=1S/C28H37ClN4O4S/c1-17(2)30-23-15-32(38(36,37)25-12-9-20(6)13-22(25)29)26-16-31(18(3)4)28(35)24(33(26)27(23)34)14-21-10-7-19(5)8-11-21/h7-13,17-18,23-24,26,30H,14-16H2,1-6H3. The number of fused-ring (bicyclic) bond motifs is 1. The molecule has 1 N–H and O–H groups in total. The number of rotatable bonds is 7. The molecule has 2 amide bonds. The predicted molar refractivity (Wildman–Crippen MR) is 148 cm³/mol. The summed E-state index contributed by atoms with van der Waals surface area (Å²) in [5.74, 6) is -0.444. The lowest BCUT2D eigenvalue weighted by Crippen LogP contribution is -2.76. The first-order chi connectivity index (χ1) is 17.8. The van der Waals surface area contributed by atoms with Crippen molar-refractivity contribution in [2.75, 3.05) is 13.1 Å². The quantitative estimate of drug-likeness (QED) is 0.561. The predicted octanol–water partition coefficient (Wildman–Crippen LogP) is 3.34. The molecule has 8 nitrogen and oxygen atoms in total. The van der Waals surface area contributed by atoms with E-state index in [9.17, 15) is 18.0 Å². The third-order valence-corrected chi connectivity index (χ3v) is 9.56. The van der Waals surface area contributed by atoms with E-state index >= 15 is 0 Å². The maximum atomic E-state index is 14.1. The topological polar surface area (TPSA) is 90.0 Å². The molecule has 0 bridgehead atoms. The molecule has 0 aliphatic carbocycles. The van der Waals surface area contributed by atoms with Gasteiger partial charge in [0.05, 0.1) is 11.6 Å². The van der Waals surface area contributed by atoms with Gasteiger partial charge in [0.1, 0.15) is 23.1 Å². The maximum absolute atomic E-state index is 14.1. The molecule has 0 radical (unpaired) electrons. The van der Waals surface area contributed by atoms with Gasteiger partial charge in [-0.3, -0.25) is 9.59 Å². The average Bonchev–Trinajstić information content (AvgIpc) is 2.82. The number of nitrogens with one attached hydrogen (secondary N) is 1. The number of benzene rings is 2. The van der Waals surface area contributed by atoms with Gasteiger partial charge in [0.2, 0.25) is 21.8 Å². The van der Waals surface area contributed by atoms with Crippen LogP contribution in [0.2, 0.25) is 5.02 Å².